The highest BCUT2D eigenvalue weighted by molar-refractivity contribution is 5.83. The van der Waals surface area contributed by atoms with Gasteiger partial charge in [-0.15, -0.1) is 0 Å². The van der Waals surface area contributed by atoms with Gasteiger partial charge in [-0.25, -0.2) is 0 Å². The Morgan fingerprint density at radius 2 is 2.06 bits per heavy atom. The van der Waals surface area contributed by atoms with Crippen LogP contribution in [-0.4, -0.2) is 29.9 Å². The van der Waals surface area contributed by atoms with Crippen LogP contribution in [0.4, 0.5) is 0 Å². The molecule has 1 aliphatic heterocycles. The SMILES string of the molecule is CCC1CCN(C(=O)C2(C)CCCC2)C(CN)C1. The highest BCUT2D eigenvalue weighted by Crippen LogP contribution is 2.40. The van der Waals surface area contributed by atoms with Crippen molar-refractivity contribution in [3.8, 4) is 0 Å². The molecule has 2 N–H and O–H groups in total. The lowest BCUT2D eigenvalue weighted by atomic mass is 9.83. The first-order valence-corrected chi connectivity index (χ1v) is 7.62. The number of carbonyl (C=O) groups is 1. The minimum Gasteiger partial charge on any atom is -0.338 e. The molecule has 18 heavy (non-hydrogen) atoms. The number of piperidine rings is 1. The van der Waals surface area contributed by atoms with Crippen LogP contribution >= 0.6 is 0 Å². The third-order valence-electron chi connectivity index (χ3n) is 5.16. The molecule has 3 nitrogen and oxygen atoms in total. The van der Waals surface area contributed by atoms with Crippen LogP contribution in [0.3, 0.4) is 0 Å². The van der Waals surface area contributed by atoms with Crippen molar-refractivity contribution in [2.24, 2.45) is 17.1 Å². The summed E-state index contributed by atoms with van der Waals surface area (Å²) in [5.74, 6) is 1.14. The zero-order valence-electron chi connectivity index (χ0n) is 12.0. The standard InChI is InChI=1S/C15H28N2O/c1-3-12-6-9-17(13(10-12)11-16)14(18)15(2)7-4-5-8-15/h12-13H,3-11,16H2,1-2H3. The van der Waals surface area contributed by atoms with Gasteiger partial charge in [0.25, 0.3) is 0 Å². The molecule has 1 saturated heterocycles. The van der Waals surface area contributed by atoms with Gasteiger partial charge >= 0.3 is 0 Å². The second-order valence-corrected chi connectivity index (χ2v) is 6.45. The van der Waals surface area contributed by atoms with Crippen molar-refractivity contribution in [1.29, 1.82) is 0 Å². The molecule has 0 spiro atoms. The van der Waals surface area contributed by atoms with E-state index in [9.17, 15) is 4.79 Å². The minimum absolute atomic E-state index is 0.0908. The van der Waals surface area contributed by atoms with E-state index < -0.39 is 0 Å². The van der Waals surface area contributed by atoms with E-state index in [0.29, 0.717) is 12.5 Å². The summed E-state index contributed by atoms with van der Waals surface area (Å²) < 4.78 is 0. The number of hydrogen-bond donors (Lipinski definition) is 1. The maximum atomic E-state index is 12.8. The Kier molecular flexibility index (Phi) is 4.31. The summed E-state index contributed by atoms with van der Waals surface area (Å²) >= 11 is 0. The van der Waals surface area contributed by atoms with E-state index >= 15 is 0 Å². The Hall–Kier alpha value is -0.570. The van der Waals surface area contributed by atoms with Crippen LogP contribution in [0.15, 0.2) is 0 Å². The van der Waals surface area contributed by atoms with Crippen molar-refractivity contribution in [1.82, 2.24) is 4.90 Å². The molecule has 0 aromatic heterocycles. The quantitative estimate of drug-likeness (QED) is 0.839. The molecule has 2 fully saturated rings. The molecule has 3 heteroatoms. The fourth-order valence-electron chi connectivity index (χ4n) is 3.71. The van der Waals surface area contributed by atoms with Gasteiger partial charge in [0, 0.05) is 24.5 Å². The van der Waals surface area contributed by atoms with Crippen LogP contribution in [0.25, 0.3) is 0 Å². The van der Waals surface area contributed by atoms with Crippen LogP contribution in [0.5, 0.6) is 0 Å². The number of likely N-dealkylation sites (tertiary alicyclic amines) is 1. The first-order valence-electron chi connectivity index (χ1n) is 7.62. The van der Waals surface area contributed by atoms with Gasteiger partial charge in [-0.3, -0.25) is 4.79 Å². The van der Waals surface area contributed by atoms with Crippen LogP contribution in [0, 0.1) is 11.3 Å². The summed E-state index contributed by atoms with van der Waals surface area (Å²) in [4.78, 5) is 14.9. The third kappa shape index (κ3) is 2.56. The molecule has 1 saturated carbocycles. The van der Waals surface area contributed by atoms with Crippen LogP contribution < -0.4 is 5.73 Å². The highest BCUT2D eigenvalue weighted by atomic mass is 16.2. The van der Waals surface area contributed by atoms with Crippen LogP contribution in [-0.2, 0) is 4.79 Å². The number of amides is 1. The molecule has 1 aliphatic carbocycles. The second-order valence-electron chi connectivity index (χ2n) is 6.45. The van der Waals surface area contributed by atoms with Crippen molar-refractivity contribution in [3.63, 3.8) is 0 Å². The summed E-state index contributed by atoms with van der Waals surface area (Å²) in [6.45, 7) is 5.95. The van der Waals surface area contributed by atoms with Crippen LogP contribution in [0.2, 0.25) is 0 Å². The summed E-state index contributed by atoms with van der Waals surface area (Å²) in [6.07, 6.45) is 8.04. The molecule has 0 bridgehead atoms. The molecule has 0 aromatic carbocycles. The molecule has 0 radical (unpaired) electrons. The van der Waals surface area contributed by atoms with Crippen molar-refractivity contribution < 1.29 is 4.79 Å². The van der Waals surface area contributed by atoms with Gasteiger partial charge < -0.3 is 10.6 Å². The van der Waals surface area contributed by atoms with E-state index in [2.05, 4.69) is 18.7 Å². The lowest BCUT2D eigenvalue weighted by Gasteiger charge is -2.42. The molecule has 1 heterocycles. The predicted molar refractivity (Wildman–Crippen MR) is 74.1 cm³/mol. The molecule has 104 valence electrons. The predicted octanol–water partition coefficient (Wildman–Crippen LogP) is 2.54. The van der Waals surface area contributed by atoms with Gasteiger partial charge in [-0.05, 0) is 31.6 Å². The Bertz CT molecular complexity index is 297. The average Bonchev–Trinajstić information content (AvgIpc) is 2.85. The Morgan fingerprint density at radius 3 is 2.61 bits per heavy atom. The van der Waals surface area contributed by atoms with E-state index in [4.69, 9.17) is 5.73 Å². The van der Waals surface area contributed by atoms with Crippen molar-refractivity contribution in [2.75, 3.05) is 13.1 Å². The number of nitrogens with two attached hydrogens (primary N) is 1. The van der Waals surface area contributed by atoms with Crippen molar-refractivity contribution >= 4 is 5.91 Å². The Labute approximate surface area is 111 Å². The third-order valence-corrected chi connectivity index (χ3v) is 5.16. The fraction of sp³-hybridized carbons (Fsp3) is 0.933. The van der Waals surface area contributed by atoms with E-state index in [1.807, 2.05) is 0 Å². The number of carbonyl (C=O) groups excluding carboxylic acids is 1. The van der Waals surface area contributed by atoms with Gasteiger partial charge in [0.1, 0.15) is 0 Å². The van der Waals surface area contributed by atoms with Gasteiger partial charge in [-0.1, -0.05) is 33.1 Å². The Balaban J connectivity index is 2.05. The van der Waals surface area contributed by atoms with E-state index in [-0.39, 0.29) is 11.5 Å². The number of hydrogen-bond acceptors (Lipinski definition) is 2. The number of rotatable bonds is 3. The van der Waals surface area contributed by atoms with Crippen molar-refractivity contribution in [3.05, 3.63) is 0 Å². The fourth-order valence-corrected chi connectivity index (χ4v) is 3.71. The van der Waals surface area contributed by atoms with Crippen LogP contribution in [0.1, 0.15) is 58.8 Å². The lowest BCUT2D eigenvalue weighted by Crippen LogP contribution is -2.53. The molecule has 2 unspecified atom stereocenters. The smallest absolute Gasteiger partial charge is 0.228 e. The normalized spacial score (nSPS) is 31.6. The summed E-state index contributed by atoms with van der Waals surface area (Å²) in [5.41, 5.74) is 5.81. The molecular formula is C15H28N2O. The summed E-state index contributed by atoms with van der Waals surface area (Å²) in [6, 6.07) is 0.286. The first kappa shape index (κ1) is 13.9. The minimum atomic E-state index is -0.0908. The monoisotopic (exact) mass is 252 g/mol. The molecular weight excluding hydrogens is 224 g/mol. The zero-order valence-corrected chi connectivity index (χ0v) is 12.0. The molecule has 1 amide bonds. The van der Waals surface area contributed by atoms with E-state index in [1.165, 1.54) is 19.3 Å². The average molecular weight is 252 g/mol. The topological polar surface area (TPSA) is 46.3 Å². The van der Waals surface area contributed by atoms with Gasteiger partial charge in [-0.2, -0.15) is 0 Å². The largest absolute Gasteiger partial charge is 0.338 e. The second kappa shape index (κ2) is 5.60. The summed E-state index contributed by atoms with van der Waals surface area (Å²) in [5, 5.41) is 0. The zero-order chi connectivity index (χ0) is 13.2. The van der Waals surface area contributed by atoms with Gasteiger partial charge in [0.05, 0.1) is 0 Å². The van der Waals surface area contributed by atoms with Crippen molar-refractivity contribution in [2.45, 2.75) is 64.8 Å². The molecule has 2 atom stereocenters. The van der Waals surface area contributed by atoms with E-state index in [0.717, 1.165) is 38.1 Å². The maximum absolute atomic E-state index is 12.8. The first-order chi connectivity index (χ1) is 8.60. The van der Waals surface area contributed by atoms with Gasteiger partial charge in [0.2, 0.25) is 5.91 Å². The Morgan fingerprint density at radius 1 is 1.39 bits per heavy atom. The maximum Gasteiger partial charge on any atom is 0.228 e. The molecule has 0 aromatic rings. The van der Waals surface area contributed by atoms with Gasteiger partial charge in [0.15, 0.2) is 0 Å². The van der Waals surface area contributed by atoms with E-state index in [1.54, 1.807) is 0 Å². The number of nitrogens with zero attached hydrogens (tertiary/aromatic N) is 1. The summed E-state index contributed by atoms with van der Waals surface area (Å²) in [7, 11) is 0. The highest BCUT2D eigenvalue weighted by Gasteiger charge is 2.42. The molecule has 2 rings (SSSR count). The molecule has 2 aliphatic rings. The lowest BCUT2D eigenvalue weighted by molar-refractivity contribution is -0.145.